The molecule has 2 aromatic rings. The van der Waals surface area contributed by atoms with Crippen LogP contribution in [0.2, 0.25) is 0 Å². The van der Waals surface area contributed by atoms with Crippen molar-refractivity contribution in [3.05, 3.63) is 53.6 Å². The van der Waals surface area contributed by atoms with Crippen LogP contribution in [0.1, 0.15) is 35.7 Å². The monoisotopic (exact) mass is 367 g/mol. The molecule has 0 radical (unpaired) electrons. The van der Waals surface area contributed by atoms with Crippen LogP contribution >= 0.6 is 0 Å². The summed E-state index contributed by atoms with van der Waals surface area (Å²) < 4.78 is 10.8. The first-order valence-corrected chi connectivity index (χ1v) is 9.20. The lowest BCUT2D eigenvalue weighted by molar-refractivity contribution is 0.0955. The minimum Gasteiger partial charge on any atom is -0.493 e. The quantitative estimate of drug-likeness (QED) is 0.601. The molecule has 0 aliphatic carbocycles. The van der Waals surface area contributed by atoms with Crippen LogP contribution in [-0.4, -0.2) is 38.9 Å². The van der Waals surface area contributed by atoms with E-state index in [4.69, 9.17) is 9.47 Å². The number of hydrazone groups is 1. The van der Waals surface area contributed by atoms with Crippen molar-refractivity contribution in [1.29, 1.82) is 0 Å². The molecule has 1 N–H and O–H groups in total. The van der Waals surface area contributed by atoms with Gasteiger partial charge < -0.3 is 14.4 Å². The van der Waals surface area contributed by atoms with Crippen molar-refractivity contribution in [2.75, 3.05) is 31.7 Å². The molecule has 1 aliphatic rings. The van der Waals surface area contributed by atoms with Gasteiger partial charge in [0.2, 0.25) is 0 Å². The van der Waals surface area contributed by atoms with Crippen LogP contribution in [0.15, 0.2) is 47.6 Å². The number of hydrogen-bond donors (Lipinski definition) is 1. The Morgan fingerprint density at radius 1 is 1.15 bits per heavy atom. The molecule has 0 unspecified atom stereocenters. The Morgan fingerprint density at radius 2 is 1.89 bits per heavy atom. The van der Waals surface area contributed by atoms with Gasteiger partial charge in [0.15, 0.2) is 11.5 Å². The van der Waals surface area contributed by atoms with Crippen LogP contribution in [-0.2, 0) is 0 Å². The summed E-state index contributed by atoms with van der Waals surface area (Å²) in [6, 6.07) is 13.1. The molecule has 27 heavy (non-hydrogen) atoms. The standard InChI is InChI=1S/C21H25N3O3/c1-3-27-19-11-6-16(14-20(19)26-2)15-22-23-21(25)17-7-9-18(10-8-17)24-12-4-5-13-24/h6-11,14-15H,3-5,12-13H2,1-2H3,(H,23,25)/b22-15-. The third kappa shape index (κ3) is 4.78. The molecule has 1 aliphatic heterocycles. The Kier molecular flexibility index (Phi) is 6.30. The molecule has 1 heterocycles. The third-order valence-electron chi connectivity index (χ3n) is 4.47. The van der Waals surface area contributed by atoms with E-state index in [1.807, 2.05) is 49.4 Å². The van der Waals surface area contributed by atoms with E-state index in [0.29, 0.717) is 23.7 Å². The smallest absolute Gasteiger partial charge is 0.271 e. The molecule has 0 spiro atoms. The number of benzene rings is 2. The van der Waals surface area contributed by atoms with Crippen molar-refractivity contribution in [3.63, 3.8) is 0 Å². The van der Waals surface area contributed by atoms with E-state index < -0.39 is 0 Å². The largest absolute Gasteiger partial charge is 0.493 e. The number of nitrogens with zero attached hydrogens (tertiary/aromatic N) is 2. The van der Waals surface area contributed by atoms with Crippen LogP contribution in [0, 0.1) is 0 Å². The minimum absolute atomic E-state index is 0.239. The highest BCUT2D eigenvalue weighted by Gasteiger charge is 2.13. The lowest BCUT2D eigenvalue weighted by Crippen LogP contribution is -2.19. The Balaban J connectivity index is 1.59. The maximum atomic E-state index is 12.2. The second-order valence-electron chi connectivity index (χ2n) is 6.28. The summed E-state index contributed by atoms with van der Waals surface area (Å²) in [6.07, 6.45) is 4.04. The zero-order valence-electron chi connectivity index (χ0n) is 15.8. The molecule has 1 saturated heterocycles. The van der Waals surface area contributed by atoms with E-state index in [9.17, 15) is 4.79 Å². The van der Waals surface area contributed by atoms with Crippen molar-refractivity contribution in [2.45, 2.75) is 19.8 Å². The van der Waals surface area contributed by atoms with Crippen molar-refractivity contribution in [2.24, 2.45) is 5.10 Å². The molecule has 2 aromatic carbocycles. The summed E-state index contributed by atoms with van der Waals surface area (Å²) in [5.41, 5.74) is 5.11. The van der Waals surface area contributed by atoms with Crippen molar-refractivity contribution in [3.8, 4) is 11.5 Å². The van der Waals surface area contributed by atoms with E-state index in [-0.39, 0.29) is 5.91 Å². The van der Waals surface area contributed by atoms with E-state index in [1.165, 1.54) is 12.8 Å². The second kappa shape index (κ2) is 9.07. The first kappa shape index (κ1) is 18.8. The molecule has 0 bridgehead atoms. The summed E-state index contributed by atoms with van der Waals surface area (Å²) in [5, 5.41) is 4.04. The van der Waals surface area contributed by atoms with Gasteiger partial charge in [0.1, 0.15) is 0 Å². The number of methoxy groups -OCH3 is 1. The minimum atomic E-state index is -0.239. The van der Waals surface area contributed by atoms with Crippen LogP contribution < -0.4 is 19.8 Å². The number of hydrogen-bond acceptors (Lipinski definition) is 5. The summed E-state index contributed by atoms with van der Waals surface area (Å²) in [4.78, 5) is 14.6. The average molecular weight is 367 g/mol. The Labute approximate surface area is 159 Å². The van der Waals surface area contributed by atoms with Gasteiger partial charge in [-0.05, 0) is 67.8 Å². The van der Waals surface area contributed by atoms with Crippen LogP contribution in [0.5, 0.6) is 11.5 Å². The molecule has 6 nitrogen and oxygen atoms in total. The van der Waals surface area contributed by atoms with E-state index >= 15 is 0 Å². The number of carbonyl (C=O) groups excluding carboxylic acids is 1. The van der Waals surface area contributed by atoms with E-state index in [1.54, 1.807) is 13.3 Å². The zero-order valence-corrected chi connectivity index (χ0v) is 15.8. The number of amides is 1. The molecule has 0 atom stereocenters. The van der Waals surface area contributed by atoms with E-state index in [2.05, 4.69) is 15.4 Å². The highest BCUT2D eigenvalue weighted by molar-refractivity contribution is 5.95. The van der Waals surface area contributed by atoms with Gasteiger partial charge in [0.25, 0.3) is 5.91 Å². The predicted octanol–water partition coefficient (Wildman–Crippen LogP) is 3.46. The summed E-state index contributed by atoms with van der Waals surface area (Å²) >= 11 is 0. The molecular formula is C21H25N3O3. The number of anilines is 1. The normalized spacial score (nSPS) is 13.8. The number of nitrogens with one attached hydrogen (secondary N) is 1. The van der Waals surface area contributed by atoms with Gasteiger partial charge in [-0.1, -0.05) is 0 Å². The first-order chi connectivity index (χ1) is 13.2. The number of carbonyl (C=O) groups is 1. The Bertz CT molecular complexity index is 797. The summed E-state index contributed by atoms with van der Waals surface area (Å²) in [7, 11) is 1.59. The van der Waals surface area contributed by atoms with E-state index in [0.717, 1.165) is 24.3 Å². The number of rotatable bonds is 7. The topological polar surface area (TPSA) is 63.2 Å². The van der Waals surface area contributed by atoms with Gasteiger partial charge in [-0.15, -0.1) is 0 Å². The molecule has 0 saturated carbocycles. The third-order valence-corrected chi connectivity index (χ3v) is 4.47. The molecule has 6 heteroatoms. The van der Waals surface area contributed by atoms with Gasteiger partial charge >= 0.3 is 0 Å². The van der Waals surface area contributed by atoms with Crippen molar-refractivity contribution >= 4 is 17.8 Å². The molecule has 3 rings (SSSR count). The van der Waals surface area contributed by atoms with Crippen LogP contribution in [0.25, 0.3) is 0 Å². The van der Waals surface area contributed by atoms with Crippen molar-refractivity contribution < 1.29 is 14.3 Å². The molecular weight excluding hydrogens is 342 g/mol. The number of ether oxygens (including phenoxy) is 2. The average Bonchev–Trinajstić information content (AvgIpc) is 3.24. The highest BCUT2D eigenvalue weighted by Crippen LogP contribution is 2.27. The first-order valence-electron chi connectivity index (χ1n) is 9.20. The summed E-state index contributed by atoms with van der Waals surface area (Å²) in [5.74, 6) is 1.07. The molecule has 142 valence electrons. The fourth-order valence-electron chi connectivity index (χ4n) is 3.07. The highest BCUT2D eigenvalue weighted by atomic mass is 16.5. The second-order valence-corrected chi connectivity index (χ2v) is 6.28. The predicted molar refractivity (Wildman–Crippen MR) is 107 cm³/mol. The van der Waals surface area contributed by atoms with Crippen LogP contribution in [0.3, 0.4) is 0 Å². The maximum Gasteiger partial charge on any atom is 0.271 e. The van der Waals surface area contributed by atoms with Gasteiger partial charge in [0.05, 0.1) is 19.9 Å². The van der Waals surface area contributed by atoms with Crippen molar-refractivity contribution in [1.82, 2.24) is 5.43 Å². The Hall–Kier alpha value is -3.02. The molecule has 0 aromatic heterocycles. The summed E-state index contributed by atoms with van der Waals surface area (Å²) in [6.45, 7) is 4.65. The maximum absolute atomic E-state index is 12.2. The molecule has 1 amide bonds. The van der Waals surface area contributed by atoms with Gasteiger partial charge in [-0.3, -0.25) is 4.79 Å². The SMILES string of the molecule is CCOc1ccc(/C=N\NC(=O)c2ccc(N3CCCC3)cc2)cc1OC. The van der Waals surface area contributed by atoms with Crippen LogP contribution in [0.4, 0.5) is 5.69 Å². The van der Waals surface area contributed by atoms with Gasteiger partial charge in [-0.2, -0.15) is 5.10 Å². The lowest BCUT2D eigenvalue weighted by atomic mass is 10.2. The zero-order chi connectivity index (χ0) is 19.1. The van der Waals surface area contributed by atoms with Gasteiger partial charge in [0, 0.05) is 24.3 Å². The molecule has 1 fully saturated rings. The van der Waals surface area contributed by atoms with Gasteiger partial charge in [-0.25, -0.2) is 5.43 Å². The Morgan fingerprint density at radius 3 is 2.56 bits per heavy atom. The lowest BCUT2D eigenvalue weighted by Gasteiger charge is -2.17. The fraction of sp³-hybridized carbons (Fsp3) is 0.333. The fourth-order valence-corrected chi connectivity index (χ4v) is 3.07.